The highest BCUT2D eigenvalue weighted by Crippen LogP contribution is 2.36. The summed E-state index contributed by atoms with van der Waals surface area (Å²) in [6.45, 7) is 0.424. The Labute approximate surface area is 177 Å². The number of primary amides is 1. The van der Waals surface area contributed by atoms with E-state index in [2.05, 4.69) is 10.1 Å². The van der Waals surface area contributed by atoms with E-state index in [-0.39, 0.29) is 29.3 Å². The van der Waals surface area contributed by atoms with Gasteiger partial charge in [0.25, 0.3) is 11.8 Å². The minimum Gasteiger partial charge on any atom is -0.494 e. The molecule has 10 heteroatoms. The number of anilines is 1. The molecule has 2 amide bonds. The van der Waals surface area contributed by atoms with Gasteiger partial charge in [-0.05, 0) is 6.07 Å². The van der Waals surface area contributed by atoms with Crippen molar-refractivity contribution in [2.75, 3.05) is 26.4 Å². The maximum absolute atomic E-state index is 12.3. The first-order chi connectivity index (χ1) is 14.7. The van der Waals surface area contributed by atoms with Crippen LogP contribution in [0, 0.1) is 0 Å². The Hall–Kier alpha value is -3.92. The number of aliphatic hydroxyl groups is 1. The second-order valence-electron chi connectivity index (χ2n) is 7.33. The number of hydrogen-bond donors (Lipinski definition) is 3. The third-order valence-corrected chi connectivity index (χ3v) is 5.36. The van der Waals surface area contributed by atoms with Crippen LogP contribution in [-0.2, 0) is 10.4 Å². The van der Waals surface area contributed by atoms with Gasteiger partial charge in [-0.25, -0.2) is 4.98 Å². The molecule has 0 spiro atoms. The van der Waals surface area contributed by atoms with Gasteiger partial charge in [-0.1, -0.05) is 23.4 Å². The van der Waals surface area contributed by atoms with Crippen molar-refractivity contribution >= 4 is 17.5 Å². The number of nitrogens with zero attached hydrogens (tertiary/aromatic N) is 3. The summed E-state index contributed by atoms with van der Waals surface area (Å²) in [5.74, 6) is -0.833. The van der Waals surface area contributed by atoms with E-state index in [1.807, 2.05) is 0 Å². The fourth-order valence-electron chi connectivity index (χ4n) is 3.56. The minimum atomic E-state index is -1.72. The summed E-state index contributed by atoms with van der Waals surface area (Å²) < 4.78 is 10.6. The molecule has 1 atom stereocenters. The molecule has 1 aliphatic rings. The predicted octanol–water partition coefficient (Wildman–Crippen LogP) is 1.14. The summed E-state index contributed by atoms with van der Waals surface area (Å²) in [6.07, 6.45) is 0.224. The number of pyridine rings is 1. The number of nitrogen functional groups attached to an aromatic ring is 1. The molecular weight excluding hydrogens is 402 g/mol. The van der Waals surface area contributed by atoms with Crippen LogP contribution in [0.2, 0.25) is 0 Å². The van der Waals surface area contributed by atoms with Gasteiger partial charge in [-0.3, -0.25) is 9.59 Å². The largest absolute Gasteiger partial charge is 0.494 e. The molecule has 10 nitrogen and oxygen atoms in total. The van der Waals surface area contributed by atoms with Crippen LogP contribution < -0.4 is 16.2 Å². The molecule has 3 aromatic rings. The Bertz CT molecular complexity index is 1190. The standard InChI is InChI=1S/C21H21N5O5/c1-26-7-6-21(29,20(26)28)16-10-14(25-31-16)12-5-3-4-11(8-12)13-9-15(30-2)17(22)18(24-13)19(23)27/h3-5,8-10,29H,6-7,22H2,1-2H3,(H2,23,27). The first-order valence-electron chi connectivity index (χ1n) is 9.45. The van der Waals surface area contributed by atoms with Crippen molar-refractivity contribution in [3.05, 3.63) is 47.9 Å². The van der Waals surface area contributed by atoms with Crippen molar-refractivity contribution in [1.82, 2.24) is 15.0 Å². The number of carbonyl (C=O) groups excluding carboxylic acids is 2. The van der Waals surface area contributed by atoms with Gasteiger partial charge >= 0.3 is 0 Å². The van der Waals surface area contributed by atoms with Crippen LogP contribution in [0.5, 0.6) is 5.75 Å². The van der Waals surface area contributed by atoms with E-state index >= 15 is 0 Å². The van der Waals surface area contributed by atoms with Crippen molar-refractivity contribution in [2.24, 2.45) is 5.73 Å². The Morgan fingerprint density at radius 2 is 1.97 bits per heavy atom. The number of nitrogens with two attached hydrogens (primary N) is 2. The maximum atomic E-state index is 12.3. The topological polar surface area (TPSA) is 158 Å². The average molecular weight is 423 g/mol. The summed E-state index contributed by atoms with van der Waals surface area (Å²) >= 11 is 0. The maximum Gasteiger partial charge on any atom is 0.269 e. The Morgan fingerprint density at radius 3 is 2.58 bits per heavy atom. The molecule has 31 heavy (non-hydrogen) atoms. The zero-order valence-electron chi connectivity index (χ0n) is 17.0. The highest BCUT2D eigenvalue weighted by Gasteiger charge is 2.48. The first-order valence-corrected chi connectivity index (χ1v) is 9.45. The molecule has 0 radical (unpaired) electrons. The monoisotopic (exact) mass is 423 g/mol. The van der Waals surface area contributed by atoms with Gasteiger partial charge < -0.3 is 30.7 Å². The molecule has 1 saturated heterocycles. The van der Waals surface area contributed by atoms with E-state index in [1.165, 1.54) is 12.0 Å². The number of hydrogen-bond acceptors (Lipinski definition) is 8. The van der Waals surface area contributed by atoms with Gasteiger partial charge in [-0.2, -0.15) is 0 Å². The molecule has 2 aromatic heterocycles. The fraction of sp³-hybridized carbons (Fsp3) is 0.238. The number of likely N-dealkylation sites (tertiary alicyclic amines) is 1. The lowest BCUT2D eigenvalue weighted by Gasteiger charge is -2.16. The van der Waals surface area contributed by atoms with Crippen molar-refractivity contribution < 1.29 is 24.0 Å². The molecule has 3 heterocycles. The average Bonchev–Trinajstić information content (AvgIpc) is 3.36. The van der Waals surface area contributed by atoms with E-state index in [0.717, 1.165) is 0 Å². The third kappa shape index (κ3) is 3.36. The molecule has 160 valence electrons. The van der Waals surface area contributed by atoms with Gasteiger partial charge in [-0.15, -0.1) is 0 Å². The van der Waals surface area contributed by atoms with Crippen molar-refractivity contribution in [1.29, 1.82) is 0 Å². The van der Waals surface area contributed by atoms with Crippen LogP contribution in [0.25, 0.3) is 22.5 Å². The first kappa shape index (κ1) is 20.4. The van der Waals surface area contributed by atoms with Gasteiger partial charge in [0.15, 0.2) is 11.5 Å². The molecule has 1 aromatic carbocycles. The Balaban J connectivity index is 1.73. The summed E-state index contributed by atoms with van der Waals surface area (Å²) in [5.41, 5.74) is 11.7. The SMILES string of the molecule is COc1cc(-c2cccc(-c3cc(C4(O)CCN(C)C4=O)on3)c2)nc(C(N)=O)c1N. The lowest BCUT2D eigenvalue weighted by molar-refractivity contribution is -0.144. The minimum absolute atomic E-state index is 0.0653. The zero-order valence-corrected chi connectivity index (χ0v) is 17.0. The number of aromatic nitrogens is 2. The zero-order chi connectivity index (χ0) is 22.3. The molecule has 1 aliphatic heterocycles. The van der Waals surface area contributed by atoms with Crippen LogP contribution in [0.3, 0.4) is 0 Å². The number of methoxy groups -OCH3 is 1. The van der Waals surface area contributed by atoms with E-state index in [9.17, 15) is 14.7 Å². The fourth-order valence-corrected chi connectivity index (χ4v) is 3.56. The number of benzene rings is 1. The van der Waals surface area contributed by atoms with E-state index in [4.69, 9.17) is 20.7 Å². The summed E-state index contributed by atoms with van der Waals surface area (Å²) in [7, 11) is 3.05. The summed E-state index contributed by atoms with van der Waals surface area (Å²) in [6, 6.07) is 10.3. The smallest absolute Gasteiger partial charge is 0.269 e. The predicted molar refractivity (Wildman–Crippen MR) is 111 cm³/mol. The van der Waals surface area contributed by atoms with Crippen LogP contribution in [-0.4, -0.2) is 52.7 Å². The molecule has 1 unspecified atom stereocenters. The van der Waals surface area contributed by atoms with Gasteiger partial charge in [0, 0.05) is 43.3 Å². The normalized spacial score (nSPS) is 18.4. The number of amides is 2. The molecule has 4 rings (SSSR count). The molecule has 0 saturated carbocycles. The summed E-state index contributed by atoms with van der Waals surface area (Å²) in [4.78, 5) is 29.7. The Morgan fingerprint density at radius 1 is 1.26 bits per heavy atom. The molecule has 5 N–H and O–H groups in total. The lowest BCUT2D eigenvalue weighted by atomic mass is 9.97. The molecular formula is C21H21N5O5. The van der Waals surface area contributed by atoms with Crippen LogP contribution >= 0.6 is 0 Å². The van der Waals surface area contributed by atoms with Gasteiger partial charge in [0.1, 0.15) is 17.1 Å². The quantitative estimate of drug-likeness (QED) is 0.551. The second-order valence-corrected chi connectivity index (χ2v) is 7.33. The number of likely N-dealkylation sites (N-methyl/N-ethyl adjacent to an activating group) is 1. The molecule has 1 fully saturated rings. The van der Waals surface area contributed by atoms with Crippen molar-refractivity contribution in [2.45, 2.75) is 12.0 Å². The highest BCUT2D eigenvalue weighted by molar-refractivity contribution is 5.98. The van der Waals surface area contributed by atoms with Crippen LogP contribution in [0.15, 0.2) is 40.9 Å². The van der Waals surface area contributed by atoms with Crippen molar-refractivity contribution in [3.63, 3.8) is 0 Å². The number of ether oxygens (including phenoxy) is 1. The van der Waals surface area contributed by atoms with Crippen LogP contribution in [0.4, 0.5) is 5.69 Å². The van der Waals surface area contributed by atoms with Gasteiger partial charge in [0.05, 0.1) is 12.8 Å². The van der Waals surface area contributed by atoms with E-state index < -0.39 is 17.4 Å². The number of carbonyl (C=O) groups is 2. The molecule has 0 aliphatic carbocycles. The summed E-state index contributed by atoms with van der Waals surface area (Å²) in [5, 5.41) is 14.8. The van der Waals surface area contributed by atoms with Crippen molar-refractivity contribution in [3.8, 4) is 28.3 Å². The third-order valence-electron chi connectivity index (χ3n) is 5.36. The lowest BCUT2D eigenvalue weighted by Crippen LogP contribution is -2.35. The second kappa shape index (κ2) is 7.40. The van der Waals surface area contributed by atoms with Crippen LogP contribution in [0.1, 0.15) is 22.7 Å². The Kier molecular flexibility index (Phi) is 4.86. The van der Waals surface area contributed by atoms with Gasteiger partial charge in [0.2, 0.25) is 5.60 Å². The number of rotatable bonds is 5. The van der Waals surface area contributed by atoms with E-state index in [0.29, 0.717) is 29.1 Å². The highest BCUT2D eigenvalue weighted by atomic mass is 16.5. The molecule has 0 bridgehead atoms. The van der Waals surface area contributed by atoms with E-state index in [1.54, 1.807) is 43.4 Å².